The Morgan fingerprint density at radius 3 is 2.55 bits per heavy atom. The van der Waals surface area contributed by atoms with Crippen molar-refractivity contribution in [1.82, 2.24) is 0 Å². The zero-order valence-corrected chi connectivity index (χ0v) is 20.1. The second-order valence-electron chi connectivity index (χ2n) is 9.11. The van der Waals surface area contributed by atoms with E-state index in [0.717, 1.165) is 24.8 Å². The number of phenolic OH excluding ortho intramolecular Hbond substituents is 1. The molecule has 0 amide bonds. The molecular formula is C25H33ClO5. The highest BCUT2D eigenvalue weighted by atomic mass is 35.5. The predicted molar refractivity (Wildman–Crippen MR) is 122 cm³/mol. The van der Waals surface area contributed by atoms with Crippen molar-refractivity contribution in [3.05, 3.63) is 33.4 Å². The molecule has 6 heteroatoms. The summed E-state index contributed by atoms with van der Waals surface area (Å²) in [5.74, 6) is 0.164. The zero-order chi connectivity index (χ0) is 23.5. The summed E-state index contributed by atoms with van der Waals surface area (Å²) in [5.41, 5.74) is 1.82. The number of aromatic hydroxyl groups is 1. The fourth-order valence-electron chi connectivity index (χ4n) is 4.46. The third kappa shape index (κ3) is 5.20. The van der Waals surface area contributed by atoms with E-state index >= 15 is 0 Å². The summed E-state index contributed by atoms with van der Waals surface area (Å²) < 4.78 is 5.27. The molecular weight excluding hydrogens is 416 g/mol. The van der Waals surface area contributed by atoms with Gasteiger partial charge in [0.25, 0.3) is 0 Å². The summed E-state index contributed by atoms with van der Waals surface area (Å²) in [4.78, 5) is 35.3. The summed E-state index contributed by atoms with van der Waals surface area (Å²) in [6, 6.07) is 0. The van der Waals surface area contributed by atoms with E-state index in [2.05, 4.69) is 13.8 Å². The molecule has 1 aromatic rings. The molecule has 1 aliphatic rings. The van der Waals surface area contributed by atoms with Crippen LogP contribution in [0, 0.1) is 24.2 Å². The van der Waals surface area contributed by atoms with Crippen LogP contribution in [-0.4, -0.2) is 23.1 Å². The van der Waals surface area contributed by atoms with Crippen molar-refractivity contribution < 1.29 is 24.2 Å². The van der Waals surface area contributed by atoms with Crippen LogP contribution >= 0.6 is 11.6 Å². The summed E-state index contributed by atoms with van der Waals surface area (Å²) in [5, 5.41) is 10.8. The van der Waals surface area contributed by atoms with E-state index < -0.39 is 5.97 Å². The number of halogens is 1. The number of rotatable bonds is 7. The van der Waals surface area contributed by atoms with E-state index in [1.165, 1.54) is 6.92 Å². The molecule has 1 saturated carbocycles. The van der Waals surface area contributed by atoms with E-state index in [1.54, 1.807) is 6.92 Å². The number of esters is 1. The molecule has 5 nitrogen and oxygen atoms in total. The largest absolute Gasteiger partial charge is 0.507 e. The maximum Gasteiger partial charge on any atom is 0.308 e. The normalized spacial score (nSPS) is 24.2. The second kappa shape index (κ2) is 9.99. The lowest BCUT2D eigenvalue weighted by Gasteiger charge is -2.44. The van der Waals surface area contributed by atoms with Gasteiger partial charge in [-0.25, -0.2) is 0 Å². The molecule has 0 radical (unpaired) electrons. The van der Waals surface area contributed by atoms with Gasteiger partial charge < -0.3 is 9.84 Å². The van der Waals surface area contributed by atoms with Gasteiger partial charge in [-0.1, -0.05) is 44.0 Å². The van der Waals surface area contributed by atoms with Gasteiger partial charge in [-0.15, -0.1) is 0 Å². The number of benzene rings is 1. The van der Waals surface area contributed by atoms with Crippen LogP contribution < -0.4 is 4.74 Å². The summed E-state index contributed by atoms with van der Waals surface area (Å²) in [7, 11) is 0. The van der Waals surface area contributed by atoms with Gasteiger partial charge in [0, 0.05) is 24.8 Å². The molecule has 0 aromatic heterocycles. The van der Waals surface area contributed by atoms with Crippen molar-refractivity contribution in [2.45, 2.75) is 73.6 Å². The first-order valence-electron chi connectivity index (χ1n) is 10.8. The molecule has 31 heavy (non-hydrogen) atoms. The van der Waals surface area contributed by atoms with Crippen LogP contribution in [0.1, 0.15) is 81.8 Å². The molecule has 0 heterocycles. The number of hydrogen-bond donors (Lipinski definition) is 1. The van der Waals surface area contributed by atoms with Crippen LogP contribution in [0.4, 0.5) is 0 Å². The molecule has 0 saturated heterocycles. The van der Waals surface area contributed by atoms with E-state index in [4.69, 9.17) is 16.3 Å². The Morgan fingerprint density at radius 1 is 1.32 bits per heavy atom. The number of Topliss-reactive ketones (excluding diaryl/α,β-unsaturated/α-hetero) is 1. The standard InChI is InChI=1S/C25H33ClO5/c1-14(11-12-25(6)15(2)8-10-21(29)17(25)4)7-9-19-23(30)20(13-27)16(3)22(26)24(19)31-18(5)28/h7,13,15,17,30H,8-12H2,1-6H3/b14-7+. The van der Waals surface area contributed by atoms with Crippen LogP contribution in [0.3, 0.4) is 0 Å². The van der Waals surface area contributed by atoms with E-state index in [0.29, 0.717) is 35.5 Å². The summed E-state index contributed by atoms with van der Waals surface area (Å²) in [6.45, 7) is 11.3. The van der Waals surface area contributed by atoms with Gasteiger partial charge in [0.2, 0.25) is 0 Å². The molecule has 1 fully saturated rings. The molecule has 3 unspecified atom stereocenters. The minimum Gasteiger partial charge on any atom is -0.507 e. The smallest absolute Gasteiger partial charge is 0.308 e. The summed E-state index contributed by atoms with van der Waals surface area (Å²) in [6.07, 6.45) is 6.06. The van der Waals surface area contributed by atoms with Gasteiger partial charge in [-0.3, -0.25) is 14.4 Å². The number of hydrogen-bond acceptors (Lipinski definition) is 5. The molecule has 0 aliphatic heterocycles. The van der Waals surface area contributed by atoms with Gasteiger partial charge in [0.05, 0.1) is 10.6 Å². The lowest BCUT2D eigenvalue weighted by molar-refractivity contribution is -0.133. The zero-order valence-electron chi connectivity index (χ0n) is 19.3. The number of aldehydes is 1. The Morgan fingerprint density at radius 2 is 1.97 bits per heavy atom. The molecule has 170 valence electrons. The second-order valence-corrected chi connectivity index (χ2v) is 9.49. The van der Waals surface area contributed by atoms with E-state index in [1.807, 2.05) is 19.9 Å². The Hall–Kier alpha value is -2.14. The third-order valence-corrected chi connectivity index (χ3v) is 7.70. The highest BCUT2D eigenvalue weighted by Crippen LogP contribution is 2.47. The Labute approximate surface area is 189 Å². The topological polar surface area (TPSA) is 80.7 Å². The lowest BCUT2D eigenvalue weighted by atomic mass is 9.59. The number of phenols is 1. The van der Waals surface area contributed by atoms with Crippen molar-refractivity contribution >= 4 is 29.6 Å². The Bertz CT molecular complexity index is 917. The van der Waals surface area contributed by atoms with Crippen LogP contribution in [0.2, 0.25) is 5.02 Å². The molecule has 3 atom stereocenters. The highest BCUT2D eigenvalue weighted by molar-refractivity contribution is 6.33. The Kier molecular flexibility index (Phi) is 8.09. The molecule has 2 rings (SSSR count). The quantitative estimate of drug-likeness (QED) is 0.239. The van der Waals surface area contributed by atoms with Gasteiger partial charge in [-0.05, 0) is 56.4 Å². The number of ketones is 1. The van der Waals surface area contributed by atoms with Crippen LogP contribution in [0.15, 0.2) is 11.6 Å². The number of carbonyl (C=O) groups is 3. The predicted octanol–water partition coefficient (Wildman–Crippen LogP) is 6.00. The lowest BCUT2D eigenvalue weighted by Crippen LogP contribution is -2.41. The molecule has 1 aromatic carbocycles. The minimum atomic E-state index is -0.556. The van der Waals surface area contributed by atoms with Crippen molar-refractivity contribution in [3.63, 3.8) is 0 Å². The minimum absolute atomic E-state index is 0.0368. The van der Waals surface area contributed by atoms with Gasteiger partial charge >= 0.3 is 5.97 Å². The first kappa shape index (κ1) is 25.1. The van der Waals surface area contributed by atoms with Crippen LogP contribution in [0.25, 0.3) is 0 Å². The maximum absolute atomic E-state index is 12.3. The molecule has 1 aliphatic carbocycles. The molecule has 0 bridgehead atoms. The highest BCUT2D eigenvalue weighted by Gasteiger charge is 2.43. The molecule has 0 spiro atoms. The number of allylic oxidation sites excluding steroid dienone is 2. The first-order chi connectivity index (χ1) is 14.4. The van der Waals surface area contributed by atoms with Gasteiger partial charge in [0.15, 0.2) is 12.0 Å². The average Bonchev–Trinajstić information content (AvgIpc) is 2.71. The molecule has 1 N–H and O–H groups in total. The van der Waals surface area contributed by atoms with Crippen molar-refractivity contribution in [2.24, 2.45) is 17.3 Å². The van der Waals surface area contributed by atoms with E-state index in [-0.39, 0.29) is 39.8 Å². The van der Waals surface area contributed by atoms with E-state index in [9.17, 15) is 19.5 Å². The van der Waals surface area contributed by atoms with Crippen LogP contribution in [-0.2, 0) is 16.0 Å². The Balaban J connectivity index is 2.28. The van der Waals surface area contributed by atoms with Crippen molar-refractivity contribution in [1.29, 1.82) is 0 Å². The number of ether oxygens (including phenoxy) is 1. The monoisotopic (exact) mass is 448 g/mol. The SMILES string of the molecule is CC(=O)Oc1c(Cl)c(C)c(C=O)c(O)c1C/C=C(\C)CCC1(C)C(C)CCC(=O)C1C. The fourth-order valence-corrected chi connectivity index (χ4v) is 4.71. The maximum atomic E-state index is 12.3. The number of carbonyl (C=O) groups excluding carboxylic acids is 3. The summed E-state index contributed by atoms with van der Waals surface area (Å²) >= 11 is 6.34. The van der Waals surface area contributed by atoms with Crippen LogP contribution in [0.5, 0.6) is 11.5 Å². The van der Waals surface area contributed by atoms with Gasteiger partial charge in [0.1, 0.15) is 11.5 Å². The van der Waals surface area contributed by atoms with Crippen molar-refractivity contribution in [2.75, 3.05) is 0 Å². The fraction of sp³-hybridized carbons (Fsp3) is 0.560. The van der Waals surface area contributed by atoms with Crippen molar-refractivity contribution in [3.8, 4) is 11.5 Å². The van der Waals surface area contributed by atoms with Gasteiger partial charge in [-0.2, -0.15) is 0 Å². The third-order valence-electron chi connectivity index (χ3n) is 7.25. The first-order valence-corrected chi connectivity index (χ1v) is 11.2. The average molecular weight is 449 g/mol.